The molecule has 0 saturated carbocycles. The van der Waals surface area contributed by atoms with E-state index in [-0.39, 0.29) is 10.6 Å². The van der Waals surface area contributed by atoms with Crippen LogP contribution in [0, 0.1) is 13.8 Å². The Balaban J connectivity index is 2.62. The van der Waals surface area contributed by atoms with Gasteiger partial charge in [-0.05, 0) is 47.7 Å². The molecule has 7 heteroatoms. The molecule has 0 unspecified atom stereocenters. The summed E-state index contributed by atoms with van der Waals surface area (Å²) < 4.78 is 78.9. The van der Waals surface area contributed by atoms with Gasteiger partial charge in [-0.1, -0.05) is 32.8 Å². The lowest BCUT2D eigenvalue weighted by Gasteiger charge is -2.19. The fourth-order valence-electron chi connectivity index (χ4n) is 2.26. The SMILES string of the molecule is Cc1cccc(C(F)(F)F)c1Pc1c(C)cccc1C(F)(F)F. The van der Waals surface area contributed by atoms with Crippen LogP contribution in [0.5, 0.6) is 0 Å². The van der Waals surface area contributed by atoms with E-state index in [0.717, 1.165) is 12.1 Å². The maximum atomic E-state index is 13.1. The van der Waals surface area contributed by atoms with Gasteiger partial charge < -0.3 is 0 Å². The van der Waals surface area contributed by atoms with Crippen LogP contribution >= 0.6 is 8.58 Å². The Labute approximate surface area is 131 Å². The topological polar surface area (TPSA) is 0 Å². The Morgan fingerprint density at radius 1 is 0.652 bits per heavy atom. The molecule has 0 radical (unpaired) electrons. The smallest absolute Gasteiger partial charge is 0.166 e. The number of aryl methyl sites for hydroxylation is 2. The molecule has 0 aromatic heterocycles. The van der Waals surface area contributed by atoms with Crippen LogP contribution in [0.15, 0.2) is 36.4 Å². The Morgan fingerprint density at radius 3 is 1.30 bits per heavy atom. The van der Waals surface area contributed by atoms with Gasteiger partial charge in [-0.25, -0.2) is 0 Å². The van der Waals surface area contributed by atoms with Crippen molar-refractivity contribution in [2.24, 2.45) is 0 Å². The summed E-state index contributed by atoms with van der Waals surface area (Å²) in [6, 6.07) is 7.28. The fourth-order valence-corrected chi connectivity index (χ4v) is 3.80. The van der Waals surface area contributed by atoms with Gasteiger partial charge in [0.15, 0.2) is 0 Å². The molecule has 2 aromatic carbocycles. The predicted octanol–water partition coefficient (Wildman–Crippen LogP) is 4.97. The van der Waals surface area contributed by atoms with E-state index in [0.29, 0.717) is 11.1 Å². The number of hydrogen-bond acceptors (Lipinski definition) is 0. The fraction of sp³-hybridized carbons (Fsp3) is 0.250. The van der Waals surface area contributed by atoms with E-state index in [1.165, 1.54) is 38.1 Å². The summed E-state index contributed by atoms with van der Waals surface area (Å²) in [6.45, 7) is 2.95. The minimum Gasteiger partial charge on any atom is -0.166 e. The zero-order valence-electron chi connectivity index (χ0n) is 12.2. The molecule has 2 rings (SSSR count). The molecule has 0 aliphatic rings. The third-order valence-corrected chi connectivity index (χ3v) is 5.23. The molecule has 0 spiro atoms. The van der Waals surface area contributed by atoms with E-state index in [1.807, 2.05) is 0 Å². The average molecular weight is 350 g/mol. The van der Waals surface area contributed by atoms with Gasteiger partial charge >= 0.3 is 12.4 Å². The average Bonchev–Trinajstić information content (AvgIpc) is 2.40. The van der Waals surface area contributed by atoms with E-state index < -0.39 is 32.1 Å². The van der Waals surface area contributed by atoms with Crippen LogP contribution in [0.3, 0.4) is 0 Å². The molecule has 0 fully saturated rings. The second kappa shape index (κ2) is 6.16. The van der Waals surface area contributed by atoms with E-state index in [9.17, 15) is 26.3 Å². The van der Waals surface area contributed by atoms with Gasteiger partial charge in [0.1, 0.15) is 0 Å². The number of benzene rings is 2. The first-order valence-electron chi connectivity index (χ1n) is 6.62. The number of hydrogen-bond donors (Lipinski definition) is 0. The van der Waals surface area contributed by atoms with Crippen molar-refractivity contribution in [3.05, 3.63) is 58.7 Å². The Kier molecular flexibility index (Phi) is 4.76. The standard InChI is InChI=1S/C16H13F6P/c1-9-5-3-7-11(15(17,18)19)13(9)23-14-10(2)6-4-8-12(14)16(20,21)22/h3-8,23H,1-2H3. The van der Waals surface area contributed by atoms with Gasteiger partial charge in [-0.3, -0.25) is 0 Å². The minimum absolute atomic E-state index is 0.0974. The molecule has 23 heavy (non-hydrogen) atoms. The second-order valence-electron chi connectivity index (χ2n) is 5.12. The van der Waals surface area contributed by atoms with Gasteiger partial charge in [-0.15, -0.1) is 0 Å². The molecule has 0 bridgehead atoms. The summed E-state index contributed by atoms with van der Waals surface area (Å²) in [5.74, 6) is 0. The van der Waals surface area contributed by atoms with Crippen LogP contribution in [-0.2, 0) is 12.4 Å². The number of rotatable bonds is 2. The maximum absolute atomic E-state index is 13.1. The van der Waals surface area contributed by atoms with Crippen molar-refractivity contribution >= 4 is 19.2 Å². The molecule has 0 heterocycles. The highest BCUT2D eigenvalue weighted by Gasteiger charge is 2.36. The predicted molar refractivity (Wildman–Crippen MR) is 79.9 cm³/mol. The van der Waals surface area contributed by atoms with Crippen LogP contribution in [0.1, 0.15) is 22.3 Å². The lowest BCUT2D eigenvalue weighted by atomic mass is 10.1. The van der Waals surface area contributed by atoms with Crippen molar-refractivity contribution in [3.63, 3.8) is 0 Å². The molecule has 0 aliphatic carbocycles. The maximum Gasteiger partial charge on any atom is 0.417 e. The van der Waals surface area contributed by atoms with Gasteiger partial charge in [0, 0.05) is 0 Å². The molecule has 0 amide bonds. The Hall–Kier alpha value is -1.55. The zero-order valence-corrected chi connectivity index (χ0v) is 13.2. The van der Waals surface area contributed by atoms with Crippen molar-refractivity contribution < 1.29 is 26.3 Å². The first-order chi connectivity index (χ1) is 10.5. The first kappa shape index (κ1) is 17.8. The van der Waals surface area contributed by atoms with E-state index in [1.54, 1.807) is 0 Å². The van der Waals surface area contributed by atoms with Crippen LogP contribution in [0.25, 0.3) is 0 Å². The molecule has 0 aliphatic heterocycles. The number of halogens is 6. The summed E-state index contributed by atoms with van der Waals surface area (Å²) in [7, 11) is -0.721. The second-order valence-corrected chi connectivity index (χ2v) is 6.37. The van der Waals surface area contributed by atoms with Crippen LogP contribution in [-0.4, -0.2) is 0 Å². The molecule has 0 nitrogen and oxygen atoms in total. The molecule has 0 N–H and O–H groups in total. The van der Waals surface area contributed by atoms with Gasteiger partial charge in [-0.2, -0.15) is 26.3 Å². The van der Waals surface area contributed by atoms with Gasteiger partial charge in [0.2, 0.25) is 0 Å². The molecular formula is C16H13F6P. The summed E-state index contributed by atoms with van der Waals surface area (Å²) in [5.41, 5.74) is -1.11. The van der Waals surface area contributed by atoms with E-state index in [2.05, 4.69) is 0 Å². The zero-order chi connectivity index (χ0) is 17.4. The van der Waals surface area contributed by atoms with Crippen LogP contribution in [0.2, 0.25) is 0 Å². The molecule has 124 valence electrons. The monoisotopic (exact) mass is 350 g/mol. The van der Waals surface area contributed by atoms with Gasteiger partial charge in [0.25, 0.3) is 0 Å². The van der Waals surface area contributed by atoms with Crippen molar-refractivity contribution in [3.8, 4) is 0 Å². The molecule has 2 aromatic rings. The summed E-state index contributed by atoms with van der Waals surface area (Å²) in [6.07, 6.45) is -9.20. The lowest BCUT2D eigenvalue weighted by molar-refractivity contribution is -0.137. The molecule has 0 atom stereocenters. The highest BCUT2D eigenvalue weighted by atomic mass is 31.1. The van der Waals surface area contributed by atoms with Gasteiger partial charge in [0.05, 0.1) is 11.1 Å². The van der Waals surface area contributed by atoms with Crippen molar-refractivity contribution in [2.75, 3.05) is 0 Å². The highest BCUT2D eigenvalue weighted by molar-refractivity contribution is 7.56. The minimum atomic E-state index is -4.60. The van der Waals surface area contributed by atoms with Crippen molar-refractivity contribution in [1.82, 2.24) is 0 Å². The quantitative estimate of drug-likeness (QED) is 0.530. The number of alkyl halides is 6. The Bertz CT molecular complexity index is 654. The van der Waals surface area contributed by atoms with Crippen molar-refractivity contribution in [1.29, 1.82) is 0 Å². The molecular weight excluding hydrogens is 337 g/mol. The van der Waals surface area contributed by atoms with E-state index in [4.69, 9.17) is 0 Å². The summed E-state index contributed by atoms with van der Waals surface area (Å²) >= 11 is 0. The third kappa shape index (κ3) is 3.86. The summed E-state index contributed by atoms with van der Waals surface area (Å²) in [4.78, 5) is 0. The molecule has 0 saturated heterocycles. The van der Waals surface area contributed by atoms with E-state index >= 15 is 0 Å². The Morgan fingerprint density at radius 2 is 1.00 bits per heavy atom. The highest BCUT2D eigenvalue weighted by Crippen LogP contribution is 2.35. The third-order valence-electron chi connectivity index (χ3n) is 3.41. The lowest BCUT2D eigenvalue weighted by Crippen LogP contribution is -2.24. The normalized spacial score (nSPS) is 12.5. The largest absolute Gasteiger partial charge is 0.417 e. The first-order valence-corrected chi connectivity index (χ1v) is 7.62. The summed E-state index contributed by atoms with van der Waals surface area (Å²) in [5, 5.41) is -0.195. The van der Waals surface area contributed by atoms with Crippen LogP contribution < -0.4 is 10.6 Å². The van der Waals surface area contributed by atoms with Crippen molar-refractivity contribution in [2.45, 2.75) is 26.2 Å². The van der Waals surface area contributed by atoms with Crippen LogP contribution in [0.4, 0.5) is 26.3 Å².